The molecule has 1 aliphatic rings. The zero-order valence-electron chi connectivity index (χ0n) is 16.9. The van der Waals surface area contributed by atoms with Crippen molar-refractivity contribution in [3.8, 4) is 5.75 Å². The number of hydrogen-bond acceptors (Lipinski definition) is 4. The molecule has 1 saturated heterocycles. The van der Waals surface area contributed by atoms with Crippen LogP contribution in [0.2, 0.25) is 0 Å². The van der Waals surface area contributed by atoms with Crippen LogP contribution in [-0.4, -0.2) is 56.3 Å². The van der Waals surface area contributed by atoms with E-state index in [0.29, 0.717) is 6.07 Å². The Morgan fingerprint density at radius 1 is 1.07 bits per heavy atom. The van der Waals surface area contributed by atoms with Gasteiger partial charge in [0.2, 0.25) is 15.9 Å². The van der Waals surface area contributed by atoms with Gasteiger partial charge in [0.1, 0.15) is 22.3 Å². The molecule has 6 nitrogen and oxygen atoms in total. The summed E-state index contributed by atoms with van der Waals surface area (Å²) < 4.78 is 59.0. The fraction of sp³-hybridized carbons (Fsp3) is 0.381. The molecule has 0 unspecified atom stereocenters. The molecule has 30 heavy (non-hydrogen) atoms. The maximum absolute atomic E-state index is 13.9. The van der Waals surface area contributed by atoms with E-state index in [9.17, 15) is 22.0 Å². The number of aryl methyl sites for hydroxylation is 1. The van der Waals surface area contributed by atoms with Crippen molar-refractivity contribution in [1.29, 1.82) is 0 Å². The lowest BCUT2D eigenvalue weighted by molar-refractivity contribution is -0.132. The monoisotopic (exact) mass is 438 g/mol. The highest BCUT2D eigenvalue weighted by Crippen LogP contribution is 2.22. The first-order chi connectivity index (χ1) is 14.2. The van der Waals surface area contributed by atoms with Gasteiger partial charge in [-0.1, -0.05) is 12.1 Å². The molecule has 0 N–H and O–H groups in total. The van der Waals surface area contributed by atoms with Gasteiger partial charge in [-0.3, -0.25) is 4.79 Å². The minimum absolute atomic E-state index is 0.0444. The molecule has 0 radical (unpaired) electrons. The van der Waals surface area contributed by atoms with Gasteiger partial charge >= 0.3 is 0 Å². The Kier molecular flexibility index (Phi) is 6.72. The van der Waals surface area contributed by atoms with E-state index in [2.05, 4.69) is 0 Å². The van der Waals surface area contributed by atoms with Gasteiger partial charge in [-0.05, 0) is 43.2 Å². The van der Waals surface area contributed by atoms with Crippen LogP contribution in [0, 0.1) is 25.5 Å². The lowest BCUT2D eigenvalue weighted by Crippen LogP contribution is -2.50. The maximum Gasteiger partial charge on any atom is 0.246 e. The van der Waals surface area contributed by atoms with E-state index >= 15 is 0 Å². The molecule has 0 atom stereocenters. The fourth-order valence-corrected chi connectivity index (χ4v) is 4.76. The van der Waals surface area contributed by atoms with E-state index in [0.717, 1.165) is 33.3 Å². The topological polar surface area (TPSA) is 66.9 Å². The number of rotatable bonds is 6. The number of carbonyl (C=O) groups is 1. The van der Waals surface area contributed by atoms with Gasteiger partial charge < -0.3 is 9.64 Å². The second-order valence-electron chi connectivity index (χ2n) is 7.16. The molecule has 162 valence electrons. The predicted molar refractivity (Wildman–Crippen MR) is 108 cm³/mol. The van der Waals surface area contributed by atoms with Gasteiger partial charge in [0.15, 0.2) is 0 Å². The minimum atomic E-state index is -4.09. The van der Waals surface area contributed by atoms with Gasteiger partial charge in [0.05, 0.1) is 13.0 Å². The van der Waals surface area contributed by atoms with Gasteiger partial charge in [0.25, 0.3) is 0 Å². The lowest BCUT2D eigenvalue weighted by Gasteiger charge is -2.34. The SMILES string of the molecule is Cc1cccc(OCCC(=O)N2CCN(S(=O)(=O)c3ccc(F)cc3F)CC2)c1C. The van der Waals surface area contributed by atoms with Crippen molar-refractivity contribution in [2.45, 2.75) is 25.2 Å². The Hall–Kier alpha value is -2.52. The number of nitrogens with zero attached hydrogens (tertiary/aromatic N) is 2. The molecule has 9 heteroatoms. The number of hydrogen-bond donors (Lipinski definition) is 0. The van der Waals surface area contributed by atoms with Crippen molar-refractivity contribution in [1.82, 2.24) is 9.21 Å². The molecule has 0 aromatic heterocycles. The standard InChI is InChI=1S/C21H24F2N2O4S/c1-15-4-3-5-19(16(15)2)29-13-8-21(26)24-9-11-25(12-10-24)30(27,28)20-7-6-17(22)14-18(20)23/h3-7,14H,8-13H2,1-2H3. The Morgan fingerprint density at radius 3 is 2.43 bits per heavy atom. The highest BCUT2D eigenvalue weighted by molar-refractivity contribution is 7.89. The highest BCUT2D eigenvalue weighted by atomic mass is 32.2. The number of halogens is 2. The molecule has 2 aromatic rings. The average Bonchev–Trinajstić information content (AvgIpc) is 2.71. The number of piperazine rings is 1. The van der Waals surface area contributed by atoms with Crippen LogP contribution in [0.3, 0.4) is 0 Å². The van der Waals surface area contributed by atoms with E-state index in [1.165, 1.54) is 0 Å². The van der Waals surface area contributed by atoms with Crippen LogP contribution in [0.5, 0.6) is 5.75 Å². The van der Waals surface area contributed by atoms with Crippen molar-refractivity contribution >= 4 is 15.9 Å². The normalized spacial score (nSPS) is 15.3. The van der Waals surface area contributed by atoms with Crippen molar-refractivity contribution in [3.05, 3.63) is 59.2 Å². The van der Waals surface area contributed by atoms with Gasteiger partial charge in [-0.15, -0.1) is 0 Å². The van der Waals surface area contributed by atoms with Crippen molar-refractivity contribution in [2.24, 2.45) is 0 Å². The molecule has 1 fully saturated rings. The molecule has 1 aliphatic heterocycles. The Labute approximate surface area is 175 Å². The molecule has 2 aromatic carbocycles. The Bertz CT molecular complexity index is 1040. The number of benzene rings is 2. The number of ether oxygens (including phenoxy) is 1. The van der Waals surface area contributed by atoms with Gasteiger partial charge in [0, 0.05) is 32.2 Å². The zero-order valence-corrected chi connectivity index (χ0v) is 17.7. The van der Waals surface area contributed by atoms with Crippen LogP contribution in [0.4, 0.5) is 8.78 Å². The maximum atomic E-state index is 13.9. The number of sulfonamides is 1. The fourth-order valence-electron chi connectivity index (χ4n) is 3.29. The quantitative estimate of drug-likeness (QED) is 0.696. The third kappa shape index (κ3) is 4.79. The van der Waals surface area contributed by atoms with E-state index in [-0.39, 0.29) is 45.1 Å². The second-order valence-corrected chi connectivity index (χ2v) is 9.06. The summed E-state index contributed by atoms with van der Waals surface area (Å²) in [7, 11) is -4.09. The Balaban J connectivity index is 1.53. The van der Waals surface area contributed by atoms with E-state index in [1.54, 1.807) is 4.90 Å². The van der Waals surface area contributed by atoms with Crippen molar-refractivity contribution in [2.75, 3.05) is 32.8 Å². The van der Waals surface area contributed by atoms with Crippen molar-refractivity contribution in [3.63, 3.8) is 0 Å². The van der Waals surface area contributed by atoms with E-state index in [4.69, 9.17) is 4.74 Å². The largest absolute Gasteiger partial charge is 0.493 e. The molecule has 1 heterocycles. The summed E-state index contributed by atoms with van der Waals surface area (Å²) in [6, 6.07) is 8.10. The average molecular weight is 438 g/mol. The molecular weight excluding hydrogens is 414 g/mol. The summed E-state index contributed by atoms with van der Waals surface area (Å²) in [5, 5.41) is 0. The molecule has 3 rings (SSSR count). The molecule has 0 aliphatic carbocycles. The summed E-state index contributed by atoms with van der Waals surface area (Å²) in [6.07, 6.45) is 0.173. The van der Waals surface area contributed by atoms with E-state index < -0.39 is 26.6 Å². The molecule has 0 spiro atoms. The van der Waals surface area contributed by atoms with Crippen LogP contribution in [0.1, 0.15) is 17.5 Å². The number of carbonyl (C=O) groups excluding carboxylic acids is 1. The van der Waals surface area contributed by atoms with Crippen LogP contribution >= 0.6 is 0 Å². The molecule has 0 saturated carbocycles. The summed E-state index contributed by atoms with van der Waals surface area (Å²) in [6.45, 7) is 4.65. The van der Waals surface area contributed by atoms with Crippen LogP contribution in [0.25, 0.3) is 0 Å². The zero-order chi connectivity index (χ0) is 21.9. The van der Waals surface area contributed by atoms with Gasteiger partial charge in [-0.25, -0.2) is 17.2 Å². The predicted octanol–water partition coefficient (Wildman–Crippen LogP) is 2.88. The second kappa shape index (κ2) is 9.09. The first-order valence-electron chi connectivity index (χ1n) is 9.62. The molecular formula is C21H24F2N2O4S. The van der Waals surface area contributed by atoms with Crippen molar-refractivity contribution < 1.29 is 26.7 Å². The highest BCUT2D eigenvalue weighted by Gasteiger charge is 2.32. The summed E-state index contributed by atoms with van der Waals surface area (Å²) in [5.41, 5.74) is 2.13. The van der Waals surface area contributed by atoms with Gasteiger partial charge in [-0.2, -0.15) is 4.31 Å². The Morgan fingerprint density at radius 2 is 1.77 bits per heavy atom. The number of amides is 1. The minimum Gasteiger partial charge on any atom is -0.493 e. The smallest absolute Gasteiger partial charge is 0.246 e. The lowest BCUT2D eigenvalue weighted by atomic mass is 10.1. The first kappa shape index (κ1) is 22.2. The summed E-state index contributed by atoms with van der Waals surface area (Å²) in [5.74, 6) is -1.37. The van der Waals surface area contributed by atoms with Crippen LogP contribution in [-0.2, 0) is 14.8 Å². The first-order valence-corrected chi connectivity index (χ1v) is 11.1. The third-order valence-electron chi connectivity index (χ3n) is 5.23. The van der Waals surface area contributed by atoms with E-state index in [1.807, 2.05) is 32.0 Å². The molecule has 1 amide bonds. The van der Waals surface area contributed by atoms with Crippen LogP contribution in [0.15, 0.2) is 41.3 Å². The van der Waals surface area contributed by atoms with Crippen LogP contribution < -0.4 is 4.74 Å². The molecule has 0 bridgehead atoms. The third-order valence-corrected chi connectivity index (χ3v) is 7.16. The summed E-state index contributed by atoms with van der Waals surface area (Å²) >= 11 is 0. The summed E-state index contributed by atoms with van der Waals surface area (Å²) in [4.78, 5) is 13.4.